The molecule has 0 aromatic carbocycles. The van der Waals surface area contributed by atoms with Gasteiger partial charge in [-0.15, -0.1) is 0 Å². The number of carbonyl (C=O) groups excluding carboxylic acids is 4. The fourth-order valence-corrected chi connectivity index (χ4v) is 3.23. The zero-order valence-electron chi connectivity index (χ0n) is 18.0. The lowest BCUT2D eigenvalue weighted by Gasteiger charge is -2.30. The molecule has 12 nitrogen and oxygen atoms in total. The number of carboxylic acid groups (broad SMARTS) is 1. The quantitative estimate of drug-likeness (QED) is 0.203. The maximum absolute atomic E-state index is 12.9. The number of hydrogen-bond donors (Lipinski definition) is 6. The normalized spacial score (nSPS) is 19.9. The van der Waals surface area contributed by atoms with E-state index in [2.05, 4.69) is 10.6 Å². The molecule has 31 heavy (non-hydrogen) atoms. The molecule has 0 aromatic rings. The number of aliphatic hydroxyl groups is 1. The minimum Gasteiger partial charge on any atom is -0.480 e. The monoisotopic (exact) mass is 443 g/mol. The molecular weight excluding hydrogens is 410 g/mol. The summed E-state index contributed by atoms with van der Waals surface area (Å²) in [7, 11) is 0. The molecule has 0 spiro atoms. The molecule has 1 fully saturated rings. The molecule has 12 heteroatoms. The number of aliphatic hydroxyl groups excluding tert-OH is 1. The number of hydrogen-bond acceptors (Lipinski definition) is 7. The van der Waals surface area contributed by atoms with E-state index < -0.39 is 59.9 Å². The highest BCUT2D eigenvalue weighted by molar-refractivity contribution is 5.94. The fourth-order valence-electron chi connectivity index (χ4n) is 3.23. The van der Waals surface area contributed by atoms with Crippen LogP contribution in [0.15, 0.2) is 0 Å². The highest BCUT2D eigenvalue weighted by atomic mass is 16.4. The number of carboxylic acids is 1. The van der Waals surface area contributed by atoms with Crippen LogP contribution in [-0.4, -0.2) is 81.5 Å². The first-order chi connectivity index (χ1) is 14.4. The Hall–Kier alpha value is -2.73. The third kappa shape index (κ3) is 7.47. The average molecular weight is 444 g/mol. The molecule has 0 aromatic heterocycles. The van der Waals surface area contributed by atoms with Crippen molar-refractivity contribution in [2.24, 2.45) is 17.4 Å². The van der Waals surface area contributed by atoms with E-state index in [9.17, 15) is 34.2 Å². The van der Waals surface area contributed by atoms with E-state index in [-0.39, 0.29) is 31.7 Å². The summed E-state index contributed by atoms with van der Waals surface area (Å²) in [6, 6.07) is -4.61. The zero-order valence-corrected chi connectivity index (χ0v) is 18.0. The summed E-state index contributed by atoms with van der Waals surface area (Å²) in [5.74, 6) is -4.26. The molecule has 0 saturated carbocycles. The zero-order chi connectivity index (χ0) is 23.9. The van der Waals surface area contributed by atoms with Crippen LogP contribution in [0.5, 0.6) is 0 Å². The van der Waals surface area contributed by atoms with Gasteiger partial charge in [-0.25, -0.2) is 4.79 Å². The molecule has 1 heterocycles. The maximum Gasteiger partial charge on any atom is 0.326 e. The molecule has 5 unspecified atom stereocenters. The van der Waals surface area contributed by atoms with Crippen molar-refractivity contribution in [3.63, 3.8) is 0 Å². The molecule has 5 atom stereocenters. The number of primary amides is 1. The summed E-state index contributed by atoms with van der Waals surface area (Å²) < 4.78 is 0. The first kappa shape index (κ1) is 26.3. The van der Waals surface area contributed by atoms with E-state index >= 15 is 0 Å². The van der Waals surface area contributed by atoms with E-state index in [1.54, 1.807) is 13.8 Å². The molecular formula is C19H33N5O7. The van der Waals surface area contributed by atoms with Crippen LogP contribution >= 0.6 is 0 Å². The Balaban J connectivity index is 2.99. The highest BCUT2D eigenvalue weighted by Gasteiger charge is 2.40. The second-order valence-corrected chi connectivity index (χ2v) is 8.09. The van der Waals surface area contributed by atoms with Gasteiger partial charge in [-0.1, -0.05) is 13.8 Å². The van der Waals surface area contributed by atoms with Crippen LogP contribution in [-0.2, 0) is 24.0 Å². The molecule has 8 N–H and O–H groups in total. The Morgan fingerprint density at radius 1 is 1.10 bits per heavy atom. The minimum absolute atomic E-state index is 0.139. The Morgan fingerprint density at radius 3 is 2.19 bits per heavy atom. The van der Waals surface area contributed by atoms with E-state index in [4.69, 9.17) is 11.5 Å². The molecule has 1 saturated heterocycles. The highest BCUT2D eigenvalue weighted by Crippen LogP contribution is 2.19. The second kappa shape index (κ2) is 11.6. The molecule has 1 aliphatic heterocycles. The van der Waals surface area contributed by atoms with Crippen LogP contribution in [0.1, 0.15) is 46.5 Å². The first-order valence-electron chi connectivity index (χ1n) is 10.2. The van der Waals surface area contributed by atoms with Crippen molar-refractivity contribution in [2.75, 3.05) is 6.54 Å². The van der Waals surface area contributed by atoms with E-state index in [0.717, 1.165) is 4.90 Å². The summed E-state index contributed by atoms with van der Waals surface area (Å²) in [6.07, 6.45) is -0.938. The third-order valence-electron chi connectivity index (χ3n) is 5.20. The van der Waals surface area contributed by atoms with Crippen molar-refractivity contribution in [1.82, 2.24) is 15.5 Å². The van der Waals surface area contributed by atoms with Crippen LogP contribution in [0.3, 0.4) is 0 Å². The van der Waals surface area contributed by atoms with Crippen LogP contribution in [0.4, 0.5) is 0 Å². The third-order valence-corrected chi connectivity index (χ3v) is 5.20. The number of aliphatic carboxylic acids is 1. The number of likely N-dealkylation sites (tertiary alicyclic amines) is 1. The molecule has 4 amide bonds. The molecule has 176 valence electrons. The van der Waals surface area contributed by atoms with Crippen molar-refractivity contribution in [2.45, 2.75) is 76.7 Å². The first-order valence-corrected chi connectivity index (χ1v) is 10.2. The standard InChI is InChI=1S/C19H33N5O7/c1-9(2)14(21)17(28)22-11(6-7-13(20)26)16(27)23-15(10(3)25)18(29)24-8-4-5-12(24)19(30)31/h9-12,14-15,25H,4-8,21H2,1-3H3,(H2,20,26)(H,22,28)(H,23,27)(H,30,31). The van der Waals surface area contributed by atoms with Crippen LogP contribution < -0.4 is 22.1 Å². The summed E-state index contributed by atoms with van der Waals surface area (Å²) in [4.78, 5) is 61.6. The fraction of sp³-hybridized carbons (Fsp3) is 0.737. The average Bonchev–Trinajstić information content (AvgIpc) is 3.17. The van der Waals surface area contributed by atoms with Gasteiger partial charge in [0.1, 0.15) is 18.1 Å². The lowest BCUT2D eigenvalue weighted by atomic mass is 10.0. The second-order valence-electron chi connectivity index (χ2n) is 8.09. The van der Waals surface area contributed by atoms with Gasteiger partial charge in [-0.2, -0.15) is 0 Å². The van der Waals surface area contributed by atoms with Gasteiger partial charge in [0.05, 0.1) is 12.1 Å². The van der Waals surface area contributed by atoms with Crippen LogP contribution in [0.2, 0.25) is 0 Å². The Morgan fingerprint density at radius 2 is 1.71 bits per heavy atom. The summed E-state index contributed by atoms with van der Waals surface area (Å²) in [6.45, 7) is 4.90. The molecule has 0 aliphatic carbocycles. The Bertz CT molecular complexity index is 697. The smallest absolute Gasteiger partial charge is 0.326 e. The van der Waals surface area contributed by atoms with Gasteiger partial charge in [0.25, 0.3) is 0 Å². The SMILES string of the molecule is CC(C)C(N)C(=O)NC(CCC(N)=O)C(=O)NC(C(=O)N1CCCC1C(=O)O)C(C)O. The van der Waals surface area contributed by atoms with Crippen molar-refractivity contribution >= 4 is 29.6 Å². The maximum atomic E-state index is 12.9. The number of rotatable bonds is 11. The van der Waals surface area contributed by atoms with Gasteiger partial charge < -0.3 is 37.2 Å². The van der Waals surface area contributed by atoms with Gasteiger partial charge in [0, 0.05) is 13.0 Å². The number of nitrogens with two attached hydrogens (primary N) is 2. The lowest BCUT2D eigenvalue weighted by Crippen LogP contribution is -2.60. The number of amides is 4. The van der Waals surface area contributed by atoms with Gasteiger partial charge >= 0.3 is 5.97 Å². The van der Waals surface area contributed by atoms with Crippen molar-refractivity contribution in [3.8, 4) is 0 Å². The minimum atomic E-state index is -1.43. The van der Waals surface area contributed by atoms with E-state index in [0.29, 0.717) is 6.42 Å². The number of nitrogens with one attached hydrogen (secondary N) is 2. The van der Waals surface area contributed by atoms with Gasteiger partial charge in [0.2, 0.25) is 23.6 Å². The van der Waals surface area contributed by atoms with Gasteiger partial charge in [-0.3, -0.25) is 19.2 Å². The van der Waals surface area contributed by atoms with Crippen molar-refractivity contribution in [1.29, 1.82) is 0 Å². The predicted octanol–water partition coefficient (Wildman–Crippen LogP) is -2.34. The lowest BCUT2D eigenvalue weighted by molar-refractivity contribution is -0.150. The number of carbonyl (C=O) groups is 5. The van der Waals surface area contributed by atoms with Crippen molar-refractivity contribution < 1.29 is 34.2 Å². The van der Waals surface area contributed by atoms with Gasteiger partial charge in [-0.05, 0) is 32.1 Å². The predicted molar refractivity (Wildman–Crippen MR) is 109 cm³/mol. The molecule has 0 bridgehead atoms. The van der Waals surface area contributed by atoms with E-state index in [1.165, 1.54) is 6.92 Å². The van der Waals surface area contributed by atoms with Crippen LogP contribution in [0, 0.1) is 5.92 Å². The summed E-state index contributed by atoms with van der Waals surface area (Å²) >= 11 is 0. The van der Waals surface area contributed by atoms with E-state index in [1.807, 2.05) is 0 Å². The van der Waals surface area contributed by atoms with Crippen LogP contribution in [0.25, 0.3) is 0 Å². The molecule has 0 radical (unpaired) electrons. The summed E-state index contributed by atoms with van der Waals surface area (Å²) in [5, 5.41) is 24.2. The Kier molecular flexibility index (Phi) is 9.85. The summed E-state index contributed by atoms with van der Waals surface area (Å²) in [5.41, 5.74) is 10.9. The van der Waals surface area contributed by atoms with Gasteiger partial charge in [0.15, 0.2) is 0 Å². The Labute approximate surface area is 180 Å². The van der Waals surface area contributed by atoms with Crippen molar-refractivity contribution in [3.05, 3.63) is 0 Å². The molecule has 1 rings (SSSR count). The molecule has 1 aliphatic rings. The topological polar surface area (TPSA) is 205 Å². The largest absolute Gasteiger partial charge is 0.480 e. The number of nitrogens with zero attached hydrogens (tertiary/aromatic N) is 1.